The molecule has 1 aromatic heterocycles. The summed E-state index contributed by atoms with van der Waals surface area (Å²) in [5.41, 5.74) is 11.8. The molecule has 2 aromatic rings. The highest BCUT2D eigenvalue weighted by molar-refractivity contribution is 5.91. The molecular formula is C14H21N5O2. The van der Waals surface area contributed by atoms with Crippen molar-refractivity contribution >= 4 is 22.7 Å². The van der Waals surface area contributed by atoms with E-state index in [1.807, 2.05) is 0 Å². The van der Waals surface area contributed by atoms with Crippen LogP contribution < -0.4 is 25.8 Å². The van der Waals surface area contributed by atoms with Crippen molar-refractivity contribution in [3.05, 3.63) is 12.1 Å². The number of hydrogen-bond acceptors (Lipinski definition) is 7. The largest absolute Gasteiger partial charge is 0.493 e. The summed E-state index contributed by atoms with van der Waals surface area (Å²) in [5, 5.41) is 0.308. The quantitative estimate of drug-likeness (QED) is 0.821. The molecule has 1 aromatic carbocycles. The van der Waals surface area contributed by atoms with Gasteiger partial charge < -0.3 is 25.8 Å². The van der Waals surface area contributed by atoms with Gasteiger partial charge in [0.05, 0.1) is 27.8 Å². The lowest BCUT2D eigenvalue weighted by Gasteiger charge is -2.18. The monoisotopic (exact) mass is 297 g/mol. The number of aromatic nitrogens is 2. The third-order valence-electron chi connectivity index (χ3n) is 3.04. The number of rotatable bonds is 6. The molecule has 7 heteroatoms. The van der Waals surface area contributed by atoms with E-state index in [0.29, 0.717) is 24.4 Å². The van der Waals surface area contributed by atoms with E-state index in [0.717, 1.165) is 6.42 Å². The Bertz CT molecular complexity index is 811. The molecule has 114 valence electrons. The number of nitrogen functional groups attached to an aromatic ring is 1. The highest BCUT2D eigenvalue weighted by Gasteiger charge is 2.13. The molecule has 0 amide bonds. The molecule has 0 fully saturated rings. The summed E-state index contributed by atoms with van der Waals surface area (Å²) in [4.78, 5) is 10.3. The maximum absolute atomic E-state index is 7.27. The van der Waals surface area contributed by atoms with E-state index < -0.39 is 14.1 Å². The second kappa shape index (κ2) is 6.45. The molecule has 0 aliphatic heterocycles. The third kappa shape index (κ3) is 3.08. The molecule has 0 saturated heterocycles. The minimum atomic E-state index is -2.81. The number of hydrogen-bond donors (Lipinski definition) is 2. The normalized spacial score (nSPS) is 16.1. The van der Waals surface area contributed by atoms with Crippen molar-refractivity contribution in [1.29, 1.82) is 0 Å². The van der Waals surface area contributed by atoms with Crippen molar-refractivity contribution in [3.8, 4) is 11.5 Å². The number of nitrogens with zero attached hydrogens (tertiary/aromatic N) is 3. The predicted molar refractivity (Wildman–Crippen MR) is 84.0 cm³/mol. The molecule has 0 aliphatic rings. The molecule has 0 saturated carbocycles. The zero-order valence-corrected chi connectivity index (χ0v) is 11.6. The molecule has 0 bridgehead atoms. The minimum absolute atomic E-state index is 0.0884. The molecule has 0 spiro atoms. The molecule has 7 nitrogen and oxygen atoms in total. The van der Waals surface area contributed by atoms with Crippen molar-refractivity contribution in [1.82, 2.24) is 9.97 Å². The lowest BCUT2D eigenvalue weighted by molar-refractivity contribution is 0.356. The van der Waals surface area contributed by atoms with Crippen LogP contribution in [0.5, 0.6) is 11.5 Å². The van der Waals surface area contributed by atoms with Gasteiger partial charge in [0.15, 0.2) is 11.5 Å². The fourth-order valence-electron chi connectivity index (χ4n) is 1.91. The smallest absolute Gasteiger partial charge is 0.227 e. The first kappa shape index (κ1) is 8.89. The van der Waals surface area contributed by atoms with Crippen LogP contribution in [0.3, 0.4) is 0 Å². The summed E-state index contributed by atoms with van der Waals surface area (Å²) in [7, 11) is -3.85. The van der Waals surface area contributed by atoms with Crippen LogP contribution in [0.4, 0.5) is 11.8 Å². The topological polar surface area (TPSA) is 99.5 Å². The Balaban J connectivity index is 2.56. The van der Waals surface area contributed by atoms with E-state index in [1.54, 1.807) is 11.9 Å². The van der Waals surface area contributed by atoms with Gasteiger partial charge in [-0.3, -0.25) is 0 Å². The minimum Gasteiger partial charge on any atom is -0.493 e. The Morgan fingerprint density at radius 2 is 1.95 bits per heavy atom. The summed E-state index contributed by atoms with van der Waals surface area (Å²) in [6.07, 6.45) is 0.719. The third-order valence-corrected chi connectivity index (χ3v) is 3.04. The Kier molecular flexibility index (Phi) is 2.73. The van der Waals surface area contributed by atoms with Crippen LogP contribution in [0, 0.1) is 0 Å². The zero-order chi connectivity index (χ0) is 20.4. The van der Waals surface area contributed by atoms with Gasteiger partial charge >= 0.3 is 0 Å². The van der Waals surface area contributed by atoms with Crippen LogP contribution in [0.2, 0.25) is 0 Å². The van der Waals surface area contributed by atoms with Gasteiger partial charge in [-0.15, -0.1) is 0 Å². The van der Waals surface area contributed by atoms with Crippen LogP contribution in [0.1, 0.15) is 14.6 Å². The molecule has 21 heavy (non-hydrogen) atoms. The van der Waals surface area contributed by atoms with Gasteiger partial charge in [0.25, 0.3) is 0 Å². The Morgan fingerprint density at radius 3 is 2.62 bits per heavy atom. The van der Waals surface area contributed by atoms with Crippen molar-refractivity contribution in [3.63, 3.8) is 0 Å². The van der Waals surface area contributed by atoms with Crippen molar-refractivity contribution in [2.75, 3.05) is 44.8 Å². The second-order valence-electron chi connectivity index (χ2n) is 4.49. The van der Waals surface area contributed by atoms with Gasteiger partial charge in [0.1, 0.15) is 5.82 Å². The average molecular weight is 297 g/mol. The van der Waals surface area contributed by atoms with Gasteiger partial charge in [-0.1, -0.05) is 0 Å². The van der Waals surface area contributed by atoms with Gasteiger partial charge in [-0.25, -0.2) is 4.98 Å². The molecule has 2 rings (SSSR count). The number of benzene rings is 1. The fourth-order valence-corrected chi connectivity index (χ4v) is 1.91. The highest BCUT2D eigenvalue weighted by Crippen LogP contribution is 2.33. The molecule has 0 aliphatic carbocycles. The number of fused-ring (bicyclic) bond motifs is 1. The van der Waals surface area contributed by atoms with Crippen LogP contribution in [-0.2, 0) is 0 Å². The lowest BCUT2D eigenvalue weighted by Crippen LogP contribution is -2.23. The van der Waals surface area contributed by atoms with Crippen LogP contribution >= 0.6 is 0 Å². The standard InChI is InChI=1S/C14H21N5O2/c1-19(6-4-5-15)14-17-10-8-12(21-3)11(20-2)7-9(10)13(16)18-14/h7-8H,4-6,15H2,1-3H3,(H2,16,17,18)/i2D3,3D3. The van der Waals surface area contributed by atoms with Gasteiger partial charge in [0.2, 0.25) is 5.95 Å². The fraction of sp³-hybridized carbons (Fsp3) is 0.429. The maximum Gasteiger partial charge on any atom is 0.227 e. The van der Waals surface area contributed by atoms with Crippen LogP contribution in [-0.4, -0.2) is 44.2 Å². The Labute approximate surface area is 132 Å². The maximum atomic E-state index is 7.27. The molecular weight excluding hydrogens is 270 g/mol. The SMILES string of the molecule is [2H]C([2H])([2H])Oc1cc2nc(N(C)CCCN)nc(N)c2cc1OC([2H])([2H])[2H]. The van der Waals surface area contributed by atoms with Gasteiger partial charge in [0, 0.05) is 25.0 Å². The van der Waals surface area contributed by atoms with E-state index in [9.17, 15) is 0 Å². The Morgan fingerprint density at radius 1 is 1.24 bits per heavy atom. The second-order valence-corrected chi connectivity index (χ2v) is 4.49. The van der Waals surface area contributed by atoms with Crippen molar-refractivity contribution in [2.24, 2.45) is 5.73 Å². The van der Waals surface area contributed by atoms with E-state index in [4.69, 9.17) is 29.2 Å². The number of anilines is 2. The first-order valence-corrected chi connectivity index (χ1v) is 6.30. The first-order valence-electron chi connectivity index (χ1n) is 9.30. The lowest BCUT2D eigenvalue weighted by atomic mass is 10.2. The van der Waals surface area contributed by atoms with Crippen LogP contribution in [0.25, 0.3) is 10.9 Å². The van der Waals surface area contributed by atoms with Gasteiger partial charge in [-0.2, -0.15) is 4.98 Å². The summed E-state index contributed by atoms with van der Waals surface area (Å²) in [6, 6.07) is 2.52. The molecule has 0 radical (unpaired) electrons. The zero-order valence-electron chi connectivity index (χ0n) is 17.6. The summed E-state index contributed by atoms with van der Waals surface area (Å²) >= 11 is 0. The first-order chi connectivity index (χ1) is 12.4. The predicted octanol–water partition coefficient (Wildman–Crippen LogP) is 1.01. The van der Waals surface area contributed by atoms with Crippen molar-refractivity contribution in [2.45, 2.75) is 6.42 Å². The summed E-state index contributed by atoms with van der Waals surface area (Å²) < 4.78 is 53.3. The van der Waals surface area contributed by atoms with E-state index in [2.05, 4.69) is 9.97 Å². The molecule has 4 N–H and O–H groups in total. The van der Waals surface area contributed by atoms with E-state index >= 15 is 0 Å². The summed E-state index contributed by atoms with van der Waals surface area (Å²) in [6.45, 7) is 1.10. The number of methoxy groups -OCH3 is 2. The number of nitrogens with two attached hydrogens (primary N) is 2. The molecule has 1 heterocycles. The van der Waals surface area contributed by atoms with Crippen LogP contribution in [0.15, 0.2) is 12.1 Å². The highest BCUT2D eigenvalue weighted by atomic mass is 16.5. The molecule has 0 atom stereocenters. The number of ether oxygens (including phenoxy) is 2. The Hall–Kier alpha value is -2.28. The summed E-state index contributed by atoms with van der Waals surface area (Å²) in [5.74, 6) is -0.173. The van der Waals surface area contributed by atoms with Gasteiger partial charge in [-0.05, 0) is 19.0 Å². The molecule has 0 unspecified atom stereocenters. The van der Waals surface area contributed by atoms with E-state index in [-0.39, 0.29) is 22.8 Å². The average Bonchev–Trinajstić information content (AvgIpc) is 2.50. The van der Waals surface area contributed by atoms with E-state index in [1.165, 1.54) is 12.1 Å². The van der Waals surface area contributed by atoms with Crippen molar-refractivity contribution < 1.29 is 17.7 Å².